The molecule has 0 radical (unpaired) electrons. The van der Waals surface area contributed by atoms with Crippen molar-refractivity contribution in [1.29, 1.82) is 0 Å². The Labute approximate surface area is 196 Å². The van der Waals surface area contributed by atoms with Gasteiger partial charge in [-0.25, -0.2) is 19.3 Å². The predicted molar refractivity (Wildman–Crippen MR) is 124 cm³/mol. The number of imidazole rings is 1. The Morgan fingerprint density at radius 2 is 1.81 bits per heavy atom. The average Bonchev–Trinajstić information content (AvgIpc) is 3.32. The SMILES string of the molecule is O=C(NC(Cn1ccnc1)C(=O)c1ccc(I)cc1)c1cnc(-c2cccc(F)c2)nc1. The van der Waals surface area contributed by atoms with Crippen molar-refractivity contribution in [3.05, 3.63) is 100 Å². The van der Waals surface area contributed by atoms with Crippen molar-refractivity contribution >= 4 is 34.3 Å². The molecule has 0 aliphatic rings. The number of rotatable bonds is 7. The molecule has 1 N–H and O–H groups in total. The van der Waals surface area contributed by atoms with Crippen LogP contribution in [0.3, 0.4) is 0 Å². The van der Waals surface area contributed by atoms with Gasteiger partial charge in [-0.05, 0) is 46.9 Å². The van der Waals surface area contributed by atoms with Gasteiger partial charge in [-0.15, -0.1) is 0 Å². The number of benzene rings is 2. The summed E-state index contributed by atoms with van der Waals surface area (Å²) in [5.41, 5.74) is 1.19. The second kappa shape index (κ2) is 9.77. The minimum Gasteiger partial charge on any atom is -0.340 e. The van der Waals surface area contributed by atoms with Crippen molar-refractivity contribution in [2.75, 3.05) is 0 Å². The number of ketones is 1. The van der Waals surface area contributed by atoms with Gasteiger partial charge in [-0.3, -0.25) is 9.59 Å². The second-order valence-corrected chi connectivity index (χ2v) is 8.21. The van der Waals surface area contributed by atoms with Gasteiger partial charge in [0.15, 0.2) is 11.6 Å². The van der Waals surface area contributed by atoms with Gasteiger partial charge in [0.1, 0.15) is 11.9 Å². The maximum atomic E-state index is 13.4. The highest BCUT2D eigenvalue weighted by Gasteiger charge is 2.23. The number of Topliss-reactive ketones (excluding diaryl/α,β-unsaturated/α-hetero) is 1. The van der Waals surface area contributed by atoms with E-state index >= 15 is 0 Å². The van der Waals surface area contributed by atoms with E-state index in [2.05, 4.69) is 42.9 Å². The van der Waals surface area contributed by atoms with Crippen LogP contribution in [0, 0.1) is 9.39 Å². The number of carbonyl (C=O) groups is 2. The summed E-state index contributed by atoms with van der Waals surface area (Å²) in [6.45, 7) is 0.221. The molecular weight excluding hydrogens is 524 g/mol. The monoisotopic (exact) mass is 541 g/mol. The van der Waals surface area contributed by atoms with E-state index in [0.717, 1.165) is 3.57 Å². The Kier molecular flexibility index (Phi) is 6.64. The smallest absolute Gasteiger partial charge is 0.255 e. The molecule has 1 amide bonds. The van der Waals surface area contributed by atoms with Gasteiger partial charge >= 0.3 is 0 Å². The molecule has 2 aromatic carbocycles. The summed E-state index contributed by atoms with van der Waals surface area (Å²) in [6.07, 6.45) is 7.61. The zero-order valence-electron chi connectivity index (χ0n) is 16.7. The summed E-state index contributed by atoms with van der Waals surface area (Å²) in [7, 11) is 0. The number of hydrogen-bond donors (Lipinski definition) is 1. The van der Waals surface area contributed by atoms with Crippen LogP contribution in [0.5, 0.6) is 0 Å². The fourth-order valence-electron chi connectivity index (χ4n) is 3.08. The lowest BCUT2D eigenvalue weighted by Crippen LogP contribution is -2.43. The van der Waals surface area contributed by atoms with Crippen LogP contribution >= 0.6 is 22.6 Å². The van der Waals surface area contributed by atoms with Gasteiger partial charge in [0.25, 0.3) is 5.91 Å². The minimum atomic E-state index is -0.820. The van der Waals surface area contributed by atoms with Crippen molar-refractivity contribution in [2.24, 2.45) is 0 Å². The molecule has 0 fully saturated rings. The first-order chi connectivity index (χ1) is 15.5. The van der Waals surface area contributed by atoms with Crippen LogP contribution in [0.15, 0.2) is 79.6 Å². The number of carbonyl (C=O) groups excluding carboxylic acids is 2. The Morgan fingerprint density at radius 1 is 1.06 bits per heavy atom. The summed E-state index contributed by atoms with van der Waals surface area (Å²) in [6, 6.07) is 12.2. The van der Waals surface area contributed by atoms with Gasteiger partial charge in [-0.1, -0.05) is 24.3 Å². The molecule has 0 aliphatic carbocycles. The summed E-state index contributed by atoms with van der Waals surface area (Å²) in [4.78, 5) is 38.3. The first-order valence-corrected chi connectivity index (χ1v) is 10.7. The molecule has 0 bridgehead atoms. The summed E-state index contributed by atoms with van der Waals surface area (Å²) in [5, 5.41) is 2.77. The van der Waals surface area contributed by atoms with E-state index in [0.29, 0.717) is 17.0 Å². The molecule has 1 atom stereocenters. The van der Waals surface area contributed by atoms with Crippen molar-refractivity contribution in [1.82, 2.24) is 24.8 Å². The topological polar surface area (TPSA) is 89.8 Å². The number of aromatic nitrogens is 4. The molecule has 0 saturated heterocycles. The zero-order valence-corrected chi connectivity index (χ0v) is 18.8. The van der Waals surface area contributed by atoms with Crippen LogP contribution in [-0.2, 0) is 6.54 Å². The molecule has 1 unspecified atom stereocenters. The summed E-state index contributed by atoms with van der Waals surface area (Å²) < 4.78 is 16.2. The van der Waals surface area contributed by atoms with Crippen LogP contribution in [-0.4, -0.2) is 37.3 Å². The van der Waals surface area contributed by atoms with Gasteiger partial charge in [0, 0.05) is 39.5 Å². The Morgan fingerprint density at radius 3 is 2.47 bits per heavy atom. The van der Waals surface area contributed by atoms with Gasteiger partial charge < -0.3 is 9.88 Å². The maximum absolute atomic E-state index is 13.4. The average molecular weight is 541 g/mol. The fraction of sp³-hybridized carbons (Fsp3) is 0.0870. The summed E-state index contributed by atoms with van der Waals surface area (Å²) in [5.74, 6) is -0.809. The van der Waals surface area contributed by atoms with E-state index in [9.17, 15) is 14.0 Å². The number of nitrogens with zero attached hydrogens (tertiary/aromatic N) is 4. The normalized spacial score (nSPS) is 11.7. The third kappa shape index (κ3) is 5.22. The van der Waals surface area contributed by atoms with Crippen LogP contribution in [0.1, 0.15) is 20.7 Å². The van der Waals surface area contributed by atoms with Crippen molar-refractivity contribution in [2.45, 2.75) is 12.6 Å². The lowest BCUT2D eigenvalue weighted by atomic mass is 10.0. The number of hydrogen-bond acceptors (Lipinski definition) is 5. The van der Waals surface area contributed by atoms with Gasteiger partial charge in [0.2, 0.25) is 0 Å². The Balaban J connectivity index is 1.54. The zero-order chi connectivity index (χ0) is 22.5. The van der Waals surface area contributed by atoms with E-state index in [-0.39, 0.29) is 17.9 Å². The van der Waals surface area contributed by atoms with Gasteiger partial charge in [-0.2, -0.15) is 0 Å². The van der Waals surface area contributed by atoms with E-state index < -0.39 is 17.8 Å². The highest BCUT2D eigenvalue weighted by Crippen LogP contribution is 2.16. The molecule has 4 rings (SSSR count). The standard InChI is InChI=1S/C23H17FIN5O2/c24-18-3-1-2-16(10-18)22-27-11-17(12-28-22)23(32)29-20(13-30-9-8-26-14-30)21(31)15-4-6-19(25)7-5-15/h1-12,14,20H,13H2,(H,29,32). The highest BCUT2D eigenvalue weighted by molar-refractivity contribution is 14.1. The molecule has 160 valence electrons. The largest absolute Gasteiger partial charge is 0.340 e. The first kappa shape index (κ1) is 21.8. The van der Waals surface area contributed by atoms with Crippen LogP contribution in [0.4, 0.5) is 4.39 Å². The van der Waals surface area contributed by atoms with Crippen LogP contribution < -0.4 is 5.32 Å². The third-order valence-electron chi connectivity index (χ3n) is 4.70. The lowest BCUT2D eigenvalue weighted by Gasteiger charge is -2.18. The molecule has 9 heteroatoms. The minimum absolute atomic E-state index is 0.191. The van der Waals surface area contributed by atoms with Gasteiger partial charge in [0.05, 0.1) is 18.4 Å². The number of nitrogens with one attached hydrogen (secondary N) is 1. The fourth-order valence-corrected chi connectivity index (χ4v) is 3.44. The van der Waals surface area contributed by atoms with Crippen LogP contribution in [0.25, 0.3) is 11.4 Å². The third-order valence-corrected chi connectivity index (χ3v) is 5.42. The quantitative estimate of drug-likeness (QED) is 0.284. The summed E-state index contributed by atoms with van der Waals surface area (Å²) >= 11 is 2.16. The molecule has 0 saturated carbocycles. The van der Waals surface area contributed by atoms with Crippen molar-refractivity contribution in [3.63, 3.8) is 0 Å². The van der Waals surface area contributed by atoms with Crippen LogP contribution in [0.2, 0.25) is 0 Å². The van der Waals surface area contributed by atoms with E-state index in [1.165, 1.54) is 24.5 Å². The molecule has 32 heavy (non-hydrogen) atoms. The van der Waals surface area contributed by atoms with E-state index in [4.69, 9.17) is 0 Å². The number of halogens is 2. The van der Waals surface area contributed by atoms with Crippen molar-refractivity contribution in [3.8, 4) is 11.4 Å². The van der Waals surface area contributed by atoms with Crippen molar-refractivity contribution < 1.29 is 14.0 Å². The number of amides is 1. The van der Waals surface area contributed by atoms with E-state index in [1.54, 1.807) is 47.6 Å². The Hall–Kier alpha value is -3.47. The Bertz CT molecular complexity index is 1230. The molecule has 4 aromatic rings. The molecular formula is C23H17FIN5O2. The maximum Gasteiger partial charge on any atom is 0.255 e. The molecule has 2 heterocycles. The highest BCUT2D eigenvalue weighted by atomic mass is 127. The molecule has 7 nitrogen and oxygen atoms in total. The predicted octanol–water partition coefficient (Wildman–Crippen LogP) is 3.77. The lowest BCUT2D eigenvalue weighted by molar-refractivity contribution is 0.0847. The molecule has 2 aromatic heterocycles. The molecule has 0 aliphatic heterocycles. The van der Waals surface area contributed by atoms with E-state index in [1.807, 2.05) is 12.1 Å². The molecule has 0 spiro atoms. The second-order valence-electron chi connectivity index (χ2n) is 6.96. The first-order valence-electron chi connectivity index (χ1n) is 9.64.